The number of halogens is 1. The Kier molecular flexibility index (Phi) is 5.84. The van der Waals surface area contributed by atoms with E-state index >= 15 is 0 Å². The molecule has 0 radical (unpaired) electrons. The summed E-state index contributed by atoms with van der Waals surface area (Å²) in [4.78, 5) is 13.4. The molecule has 0 bridgehead atoms. The zero-order chi connectivity index (χ0) is 19.8. The molecular formula is C20H25FN2O2S2. The van der Waals surface area contributed by atoms with Crippen LogP contribution in [0.3, 0.4) is 0 Å². The van der Waals surface area contributed by atoms with E-state index in [0.29, 0.717) is 11.3 Å². The maximum Gasteiger partial charge on any atom is 0.329 e. The number of rotatable bonds is 6. The molecule has 0 aliphatic heterocycles. The third-order valence-corrected chi connectivity index (χ3v) is 6.87. The monoisotopic (exact) mass is 408 g/mol. The number of benzene rings is 1. The van der Waals surface area contributed by atoms with Crippen LogP contribution in [0.4, 0.5) is 14.9 Å². The van der Waals surface area contributed by atoms with Gasteiger partial charge in [-0.1, -0.05) is 33.8 Å². The number of hydrogen-bond acceptors (Lipinski definition) is 4. The van der Waals surface area contributed by atoms with Crippen molar-refractivity contribution in [2.45, 2.75) is 62.2 Å². The van der Waals surface area contributed by atoms with Crippen molar-refractivity contribution >= 4 is 35.0 Å². The summed E-state index contributed by atoms with van der Waals surface area (Å²) in [6, 6.07) is 6.60. The molecule has 7 heteroatoms. The minimum atomic E-state index is -0.661. The van der Waals surface area contributed by atoms with Crippen LogP contribution in [0, 0.1) is 5.82 Å². The number of carbonyl (C=O) groups is 1. The van der Waals surface area contributed by atoms with E-state index in [1.807, 2.05) is 39.8 Å². The second-order valence-corrected chi connectivity index (χ2v) is 9.73. The molecular weight excluding hydrogens is 383 g/mol. The zero-order valence-corrected chi connectivity index (χ0v) is 17.6. The zero-order valence-electron chi connectivity index (χ0n) is 15.9. The molecule has 1 heterocycles. The van der Waals surface area contributed by atoms with Crippen molar-refractivity contribution in [2.75, 3.05) is 5.32 Å². The molecule has 0 atom stereocenters. The summed E-state index contributed by atoms with van der Waals surface area (Å²) in [5.74, 6) is -0.200. The summed E-state index contributed by atoms with van der Waals surface area (Å²) in [5, 5.41) is 13.0. The van der Waals surface area contributed by atoms with Crippen LogP contribution >= 0.6 is 23.3 Å². The van der Waals surface area contributed by atoms with Crippen LogP contribution in [-0.4, -0.2) is 11.1 Å². The van der Waals surface area contributed by atoms with Gasteiger partial charge in [-0.15, -0.1) is 11.3 Å². The summed E-state index contributed by atoms with van der Waals surface area (Å²) in [5.41, 5.74) is 1.33. The molecule has 146 valence electrons. The van der Waals surface area contributed by atoms with E-state index < -0.39 is 11.6 Å². The molecule has 0 saturated heterocycles. The normalized spacial score (nSPS) is 15.3. The summed E-state index contributed by atoms with van der Waals surface area (Å²) >= 11 is 2.68. The molecule has 1 aromatic carbocycles. The highest BCUT2D eigenvalue weighted by atomic mass is 32.2. The highest BCUT2D eigenvalue weighted by molar-refractivity contribution is 7.99. The first-order chi connectivity index (χ1) is 12.7. The molecule has 27 heavy (non-hydrogen) atoms. The number of aliphatic hydroxyl groups is 1. The molecule has 3 rings (SSSR count). The largest absolute Gasteiger partial charge is 0.384 e. The van der Waals surface area contributed by atoms with Gasteiger partial charge in [-0.2, -0.15) is 0 Å². The number of nitrogens with one attached hydrogen (secondary N) is 2. The standard InChI is InChI=1S/C20H25FN2O2S2/c1-11(2)13-5-6-14(21)17(12(3)4)18(13)22-19(24)23-27-16-8-7-15(26-16)20(25)9-10-20/h5-8,11-12,25H,9-10H2,1-4H3,(H2,22,23,24). The summed E-state index contributed by atoms with van der Waals surface area (Å²) in [6.07, 6.45) is 1.59. The molecule has 3 N–H and O–H groups in total. The number of carbonyl (C=O) groups excluding carboxylic acids is 1. The van der Waals surface area contributed by atoms with E-state index in [9.17, 15) is 14.3 Å². The minimum Gasteiger partial charge on any atom is -0.384 e. The fourth-order valence-electron chi connectivity index (χ4n) is 3.02. The second-order valence-electron chi connectivity index (χ2n) is 7.54. The molecule has 1 aromatic heterocycles. The summed E-state index contributed by atoms with van der Waals surface area (Å²) in [6.45, 7) is 7.86. The van der Waals surface area contributed by atoms with Crippen molar-refractivity contribution in [1.82, 2.24) is 4.72 Å². The average Bonchev–Trinajstić information content (AvgIpc) is 3.16. The van der Waals surface area contributed by atoms with E-state index in [-0.39, 0.29) is 17.7 Å². The number of thiophene rings is 1. The lowest BCUT2D eigenvalue weighted by molar-refractivity contribution is 0.155. The Morgan fingerprint density at radius 1 is 1.19 bits per heavy atom. The van der Waals surface area contributed by atoms with Gasteiger partial charge in [-0.05, 0) is 60.4 Å². The molecule has 1 aliphatic rings. The molecule has 4 nitrogen and oxygen atoms in total. The van der Waals surface area contributed by atoms with E-state index in [1.54, 1.807) is 6.07 Å². The first-order valence-corrected chi connectivity index (χ1v) is 10.7. The van der Waals surface area contributed by atoms with Crippen molar-refractivity contribution in [2.24, 2.45) is 0 Å². The van der Waals surface area contributed by atoms with Crippen LogP contribution in [0.2, 0.25) is 0 Å². The van der Waals surface area contributed by atoms with Gasteiger partial charge in [0.2, 0.25) is 0 Å². The first kappa shape index (κ1) is 20.2. The lowest BCUT2D eigenvalue weighted by Gasteiger charge is -2.20. The summed E-state index contributed by atoms with van der Waals surface area (Å²) < 4.78 is 18.0. The van der Waals surface area contributed by atoms with E-state index in [2.05, 4.69) is 10.0 Å². The third kappa shape index (κ3) is 4.47. The van der Waals surface area contributed by atoms with Crippen molar-refractivity contribution in [1.29, 1.82) is 0 Å². The van der Waals surface area contributed by atoms with Crippen LogP contribution in [-0.2, 0) is 5.60 Å². The lowest BCUT2D eigenvalue weighted by atomic mass is 9.92. The molecule has 1 aliphatic carbocycles. The fourth-order valence-corrected chi connectivity index (χ4v) is 4.85. The molecule has 1 fully saturated rings. The number of hydrogen-bond donors (Lipinski definition) is 3. The Balaban J connectivity index is 1.71. The third-order valence-electron chi connectivity index (χ3n) is 4.67. The van der Waals surface area contributed by atoms with Crippen molar-refractivity contribution in [3.05, 3.63) is 46.1 Å². The van der Waals surface area contributed by atoms with Crippen molar-refractivity contribution < 1.29 is 14.3 Å². The van der Waals surface area contributed by atoms with Gasteiger partial charge in [0.1, 0.15) is 5.82 Å². The smallest absolute Gasteiger partial charge is 0.329 e. The van der Waals surface area contributed by atoms with E-state index in [1.165, 1.54) is 29.4 Å². The topological polar surface area (TPSA) is 61.4 Å². The highest BCUT2D eigenvalue weighted by Gasteiger charge is 2.43. The Morgan fingerprint density at radius 3 is 2.48 bits per heavy atom. The van der Waals surface area contributed by atoms with Gasteiger partial charge in [-0.25, -0.2) is 9.18 Å². The number of anilines is 1. The minimum absolute atomic E-state index is 0.0502. The van der Waals surface area contributed by atoms with Gasteiger partial charge in [0.15, 0.2) is 0 Å². The Bertz CT molecular complexity index is 845. The second kappa shape index (κ2) is 7.81. The van der Waals surface area contributed by atoms with Crippen molar-refractivity contribution in [3.8, 4) is 0 Å². The molecule has 1 saturated carbocycles. The van der Waals surface area contributed by atoms with E-state index in [4.69, 9.17) is 0 Å². The van der Waals surface area contributed by atoms with Crippen LogP contribution in [0.15, 0.2) is 28.5 Å². The summed E-state index contributed by atoms with van der Waals surface area (Å²) in [7, 11) is 0. The predicted molar refractivity (Wildman–Crippen MR) is 110 cm³/mol. The van der Waals surface area contributed by atoms with Gasteiger partial charge < -0.3 is 10.4 Å². The van der Waals surface area contributed by atoms with Crippen molar-refractivity contribution in [3.63, 3.8) is 0 Å². The SMILES string of the molecule is CC(C)c1ccc(F)c(C(C)C)c1NC(=O)NSc1ccc(C2(O)CC2)s1. The van der Waals surface area contributed by atoms with Crippen LogP contribution in [0.1, 0.15) is 68.4 Å². The first-order valence-electron chi connectivity index (χ1n) is 9.10. The Hall–Kier alpha value is -1.57. The van der Waals surface area contributed by atoms with Crippen LogP contribution < -0.4 is 10.0 Å². The Labute approximate surface area is 167 Å². The highest BCUT2D eigenvalue weighted by Crippen LogP contribution is 2.48. The van der Waals surface area contributed by atoms with Gasteiger partial charge in [0.05, 0.1) is 15.5 Å². The number of urea groups is 1. The van der Waals surface area contributed by atoms with Crippen LogP contribution in [0.25, 0.3) is 0 Å². The maximum absolute atomic E-state index is 14.4. The fraction of sp³-hybridized carbons (Fsp3) is 0.450. The quantitative estimate of drug-likeness (QED) is 0.518. The maximum atomic E-state index is 14.4. The molecule has 0 spiro atoms. The van der Waals surface area contributed by atoms with Gasteiger partial charge in [-0.3, -0.25) is 4.72 Å². The van der Waals surface area contributed by atoms with E-state index in [0.717, 1.165) is 27.5 Å². The molecule has 2 amide bonds. The van der Waals surface area contributed by atoms with Crippen LogP contribution in [0.5, 0.6) is 0 Å². The lowest BCUT2D eigenvalue weighted by Crippen LogP contribution is -2.24. The van der Waals surface area contributed by atoms with Gasteiger partial charge in [0, 0.05) is 10.4 Å². The molecule has 0 unspecified atom stereocenters. The van der Waals surface area contributed by atoms with Gasteiger partial charge in [0.25, 0.3) is 0 Å². The van der Waals surface area contributed by atoms with Gasteiger partial charge >= 0.3 is 6.03 Å². The Morgan fingerprint density at radius 2 is 1.89 bits per heavy atom. The molecule has 2 aromatic rings. The average molecular weight is 409 g/mol. The predicted octanol–water partition coefficient (Wildman–Crippen LogP) is 5.94. The number of amides is 2.